The number of urea groups is 1. The number of ether oxygens (including phenoxy) is 1. The van der Waals surface area contributed by atoms with Gasteiger partial charge in [-0.1, -0.05) is 0 Å². The second-order valence-corrected chi connectivity index (χ2v) is 6.77. The summed E-state index contributed by atoms with van der Waals surface area (Å²) >= 11 is 0. The van der Waals surface area contributed by atoms with Crippen LogP contribution >= 0.6 is 0 Å². The number of carbonyl (C=O) groups is 2. The summed E-state index contributed by atoms with van der Waals surface area (Å²) in [6, 6.07) is 1.76. The molecule has 0 spiro atoms. The molecule has 1 atom stereocenters. The highest BCUT2D eigenvalue weighted by Gasteiger charge is 2.30. The van der Waals surface area contributed by atoms with Gasteiger partial charge in [-0.2, -0.15) is 5.10 Å². The molecular weight excluding hydrogens is 310 g/mol. The average molecular weight is 333 g/mol. The Kier molecular flexibility index (Phi) is 4.13. The number of amides is 3. The third-order valence-corrected chi connectivity index (χ3v) is 5.02. The molecule has 2 fully saturated rings. The molecule has 3 aliphatic rings. The number of likely N-dealkylation sites (tertiary alicyclic amines) is 2. The van der Waals surface area contributed by atoms with Crippen LogP contribution in [0.2, 0.25) is 0 Å². The van der Waals surface area contributed by atoms with E-state index in [-0.39, 0.29) is 11.9 Å². The van der Waals surface area contributed by atoms with Gasteiger partial charge in [0.15, 0.2) is 5.82 Å². The zero-order chi connectivity index (χ0) is 16.5. The van der Waals surface area contributed by atoms with E-state index in [1.807, 2.05) is 20.5 Å². The van der Waals surface area contributed by atoms with Crippen molar-refractivity contribution >= 4 is 17.8 Å². The van der Waals surface area contributed by atoms with Crippen LogP contribution in [-0.2, 0) is 22.7 Å². The van der Waals surface area contributed by atoms with Crippen LogP contribution in [0.1, 0.15) is 25.0 Å². The number of nitrogens with zero attached hydrogens (tertiary/aromatic N) is 4. The van der Waals surface area contributed by atoms with Gasteiger partial charge in [0, 0.05) is 38.7 Å². The minimum Gasteiger partial charge on any atom is -0.373 e. The minimum absolute atomic E-state index is 0.110. The normalized spacial score (nSPS) is 23.7. The minimum atomic E-state index is -0.110. The lowest BCUT2D eigenvalue weighted by Gasteiger charge is -2.21. The first-order valence-corrected chi connectivity index (χ1v) is 8.67. The van der Waals surface area contributed by atoms with Crippen LogP contribution in [0.15, 0.2) is 6.07 Å². The largest absolute Gasteiger partial charge is 0.373 e. The van der Waals surface area contributed by atoms with Crippen molar-refractivity contribution in [3.63, 3.8) is 0 Å². The summed E-state index contributed by atoms with van der Waals surface area (Å²) in [5.41, 5.74) is 0.989. The van der Waals surface area contributed by atoms with Crippen LogP contribution in [0.25, 0.3) is 0 Å². The Bertz CT molecular complexity index is 620. The van der Waals surface area contributed by atoms with Crippen LogP contribution in [0.5, 0.6) is 0 Å². The van der Waals surface area contributed by atoms with Gasteiger partial charge in [-0.05, 0) is 18.8 Å². The van der Waals surface area contributed by atoms with E-state index in [1.165, 1.54) is 0 Å². The van der Waals surface area contributed by atoms with E-state index < -0.39 is 0 Å². The first kappa shape index (κ1) is 15.4. The van der Waals surface area contributed by atoms with Gasteiger partial charge >= 0.3 is 6.03 Å². The first-order valence-electron chi connectivity index (χ1n) is 8.67. The van der Waals surface area contributed by atoms with Crippen molar-refractivity contribution in [1.82, 2.24) is 19.6 Å². The number of hydrogen-bond donors (Lipinski definition) is 1. The number of aromatic nitrogens is 2. The second-order valence-electron chi connectivity index (χ2n) is 6.77. The van der Waals surface area contributed by atoms with Gasteiger partial charge in [0.05, 0.1) is 25.5 Å². The van der Waals surface area contributed by atoms with Gasteiger partial charge < -0.3 is 14.5 Å². The third kappa shape index (κ3) is 3.10. The van der Waals surface area contributed by atoms with Gasteiger partial charge in [0.1, 0.15) is 0 Å². The second kappa shape index (κ2) is 6.43. The molecule has 1 aromatic rings. The molecule has 2 saturated heterocycles. The SMILES string of the molecule is O=C1CCCN1CC1CCN(C(=O)Nc2cc3n(n2)CCOC3)C1. The van der Waals surface area contributed by atoms with Crippen molar-refractivity contribution in [2.75, 3.05) is 38.1 Å². The van der Waals surface area contributed by atoms with Crippen molar-refractivity contribution in [1.29, 1.82) is 0 Å². The van der Waals surface area contributed by atoms with Gasteiger partial charge in [-0.25, -0.2) is 4.79 Å². The molecule has 130 valence electrons. The van der Waals surface area contributed by atoms with Crippen LogP contribution in [-0.4, -0.2) is 64.3 Å². The summed E-state index contributed by atoms with van der Waals surface area (Å²) in [5.74, 6) is 1.21. The van der Waals surface area contributed by atoms with Crippen molar-refractivity contribution in [3.05, 3.63) is 11.8 Å². The highest BCUT2D eigenvalue weighted by Crippen LogP contribution is 2.22. The molecule has 4 heterocycles. The summed E-state index contributed by atoms with van der Waals surface area (Å²) in [6.07, 6.45) is 2.58. The Morgan fingerprint density at radius 2 is 2.29 bits per heavy atom. The maximum absolute atomic E-state index is 12.4. The summed E-state index contributed by atoms with van der Waals surface area (Å²) in [5, 5.41) is 7.28. The Labute approximate surface area is 140 Å². The van der Waals surface area contributed by atoms with E-state index in [0.29, 0.717) is 37.9 Å². The van der Waals surface area contributed by atoms with Crippen LogP contribution in [0.4, 0.5) is 10.6 Å². The topological polar surface area (TPSA) is 79.7 Å². The highest BCUT2D eigenvalue weighted by atomic mass is 16.5. The molecule has 24 heavy (non-hydrogen) atoms. The molecule has 0 radical (unpaired) electrons. The van der Waals surface area contributed by atoms with E-state index in [1.54, 1.807) is 0 Å². The quantitative estimate of drug-likeness (QED) is 0.891. The van der Waals surface area contributed by atoms with Crippen molar-refractivity contribution in [2.45, 2.75) is 32.4 Å². The van der Waals surface area contributed by atoms with Crippen molar-refractivity contribution in [2.24, 2.45) is 5.92 Å². The van der Waals surface area contributed by atoms with Gasteiger partial charge in [-0.3, -0.25) is 14.8 Å². The number of carbonyl (C=O) groups excluding carboxylic acids is 2. The van der Waals surface area contributed by atoms with E-state index in [4.69, 9.17) is 4.74 Å². The maximum atomic E-state index is 12.4. The zero-order valence-electron chi connectivity index (χ0n) is 13.7. The van der Waals surface area contributed by atoms with E-state index in [9.17, 15) is 9.59 Å². The average Bonchev–Trinajstić information content (AvgIpc) is 3.28. The third-order valence-electron chi connectivity index (χ3n) is 5.02. The number of rotatable bonds is 3. The monoisotopic (exact) mass is 333 g/mol. The molecule has 0 aromatic carbocycles. The Morgan fingerprint density at radius 3 is 3.08 bits per heavy atom. The number of anilines is 1. The van der Waals surface area contributed by atoms with Crippen LogP contribution in [0.3, 0.4) is 0 Å². The predicted molar refractivity (Wildman–Crippen MR) is 86.4 cm³/mol. The Balaban J connectivity index is 1.30. The standard InChI is InChI=1S/C16H23N5O3/c22-15-2-1-4-19(15)9-12-3-5-20(10-12)16(23)17-14-8-13-11-24-7-6-21(13)18-14/h8,12H,1-7,9-11H2,(H,17,18,23). The van der Waals surface area contributed by atoms with Gasteiger partial charge in [0.25, 0.3) is 0 Å². The summed E-state index contributed by atoms with van der Waals surface area (Å²) < 4.78 is 7.26. The predicted octanol–water partition coefficient (Wildman–Crippen LogP) is 0.889. The van der Waals surface area contributed by atoms with Crippen molar-refractivity contribution in [3.8, 4) is 0 Å². The fourth-order valence-electron chi connectivity index (χ4n) is 3.72. The molecular formula is C16H23N5O3. The summed E-state index contributed by atoms with van der Waals surface area (Å²) in [7, 11) is 0. The Morgan fingerprint density at radius 1 is 1.38 bits per heavy atom. The lowest BCUT2D eigenvalue weighted by Crippen LogP contribution is -2.35. The highest BCUT2D eigenvalue weighted by molar-refractivity contribution is 5.88. The number of nitrogens with one attached hydrogen (secondary N) is 1. The summed E-state index contributed by atoms with van der Waals surface area (Å²) in [6.45, 7) is 4.99. The fraction of sp³-hybridized carbons (Fsp3) is 0.688. The number of hydrogen-bond acceptors (Lipinski definition) is 4. The first-order chi connectivity index (χ1) is 11.7. The lowest BCUT2D eigenvalue weighted by atomic mass is 10.1. The van der Waals surface area contributed by atoms with E-state index >= 15 is 0 Å². The molecule has 0 bridgehead atoms. The molecule has 1 aromatic heterocycles. The van der Waals surface area contributed by atoms with Gasteiger partial charge in [0.2, 0.25) is 5.91 Å². The molecule has 0 saturated carbocycles. The molecule has 8 nitrogen and oxygen atoms in total. The molecule has 3 amide bonds. The summed E-state index contributed by atoms with van der Waals surface area (Å²) in [4.78, 5) is 27.9. The van der Waals surface area contributed by atoms with Gasteiger partial charge in [-0.15, -0.1) is 0 Å². The maximum Gasteiger partial charge on any atom is 0.323 e. The smallest absolute Gasteiger partial charge is 0.323 e. The molecule has 1 N–H and O–H groups in total. The van der Waals surface area contributed by atoms with Crippen molar-refractivity contribution < 1.29 is 14.3 Å². The van der Waals surface area contributed by atoms with E-state index in [2.05, 4.69) is 10.4 Å². The molecule has 4 rings (SSSR count). The lowest BCUT2D eigenvalue weighted by molar-refractivity contribution is -0.128. The molecule has 1 unspecified atom stereocenters. The zero-order valence-corrected chi connectivity index (χ0v) is 13.7. The molecule has 0 aliphatic carbocycles. The van der Waals surface area contributed by atoms with Crippen LogP contribution < -0.4 is 5.32 Å². The molecule has 8 heteroatoms. The Hall–Kier alpha value is -2.09. The number of fused-ring (bicyclic) bond motifs is 1. The fourth-order valence-corrected chi connectivity index (χ4v) is 3.72. The van der Waals surface area contributed by atoms with E-state index in [0.717, 1.165) is 44.7 Å². The molecule has 3 aliphatic heterocycles. The van der Waals surface area contributed by atoms with Crippen LogP contribution in [0, 0.1) is 5.92 Å².